The van der Waals surface area contributed by atoms with E-state index in [0.29, 0.717) is 25.4 Å². The van der Waals surface area contributed by atoms with Gasteiger partial charge in [0, 0.05) is 17.4 Å². The summed E-state index contributed by atoms with van der Waals surface area (Å²) in [6.07, 6.45) is 2.47. The van der Waals surface area contributed by atoms with Crippen LogP contribution in [-0.4, -0.2) is 12.5 Å². The van der Waals surface area contributed by atoms with E-state index in [9.17, 15) is 4.79 Å². The van der Waals surface area contributed by atoms with Crippen LogP contribution in [-0.2, 0) is 11.3 Å². The number of amides is 1. The fraction of sp³-hybridized carbons (Fsp3) is 0.500. The molecule has 1 rings (SSSR count). The van der Waals surface area contributed by atoms with Crippen molar-refractivity contribution in [3.63, 3.8) is 0 Å². The summed E-state index contributed by atoms with van der Waals surface area (Å²) in [6.45, 7) is 3.42. The average Bonchev–Trinajstić information content (AvgIpc) is 2.36. The lowest BCUT2D eigenvalue weighted by molar-refractivity contribution is -0.121. The number of carbonyl (C=O) groups is 1. The van der Waals surface area contributed by atoms with Gasteiger partial charge in [0.05, 0.1) is 0 Å². The minimum atomic E-state index is 0.113. The summed E-state index contributed by atoms with van der Waals surface area (Å²) in [5, 5.41) is 2.93. The van der Waals surface area contributed by atoms with Crippen LogP contribution in [0.2, 0.25) is 0 Å². The number of rotatable bonds is 7. The summed E-state index contributed by atoms with van der Waals surface area (Å²) in [5.74, 6) is 0.634. The molecule has 0 saturated carbocycles. The molecule has 0 saturated heterocycles. The summed E-state index contributed by atoms with van der Waals surface area (Å²) >= 11 is 3.38. The zero-order valence-corrected chi connectivity index (χ0v) is 12.4. The Bertz CT molecular complexity index is 365. The van der Waals surface area contributed by atoms with Gasteiger partial charge in [-0.3, -0.25) is 4.79 Å². The SMILES string of the molecule is CC(CCN)CCC(=O)NCc1ccc(Br)cc1. The maximum atomic E-state index is 11.6. The standard InChI is InChI=1S/C14H21BrN2O/c1-11(8-9-16)2-7-14(18)17-10-12-3-5-13(15)6-4-12/h3-6,11H,2,7-10,16H2,1H3,(H,17,18). The van der Waals surface area contributed by atoms with E-state index in [-0.39, 0.29) is 5.91 Å². The van der Waals surface area contributed by atoms with E-state index in [1.807, 2.05) is 24.3 Å². The third kappa shape index (κ3) is 6.17. The van der Waals surface area contributed by atoms with Crippen LogP contribution in [0.15, 0.2) is 28.7 Å². The second-order valence-electron chi connectivity index (χ2n) is 4.62. The van der Waals surface area contributed by atoms with Crippen molar-refractivity contribution in [1.29, 1.82) is 0 Å². The van der Waals surface area contributed by atoms with Gasteiger partial charge in [-0.25, -0.2) is 0 Å². The quantitative estimate of drug-likeness (QED) is 0.813. The van der Waals surface area contributed by atoms with Crippen molar-refractivity contribution in [3.8, 4) is 0 Å². The maximum Gasteiger partial charge on any atom is 0.220 e. The van der Waals surface area contributed by atoms with Crippen LogP contribution in [0.3, 0.4) is 0 Å². The van der Waals surface area contributed by atoms with Crippen molar-refractivity contribution in [1.82, 2.24) is 5.32 Å². The topological polar surface area (TPSA) is 55.1 Å². The summed E-state index contributed by atoms with van der Waals surface area (Å²) in [5.41, 5.74) is 6.59. The van der Waals surface area contributed by atoms with E-state index in [1.54, 1.807) is 0 Å². The smallest absolute Gasteiger partial charge is 0.220 e. The monoisotopic (exact) mass is 312 g/mol. The zero-order valence-electron chi connectivity index (χ0n) is 10.8. The molecule has 0 spiro atoms. The van der Waals surface area contributed by atoms with E-state index in [2.05, 4.69) is 28.2 Å². The highest BCUT2D eigenvalue weighted by molar-refractivity contribution is 9.10. The van der Waals surface area contributed by atoms with Gasteiger partial charge in [0.2, 0.25) is 5.91 Å². The Morgan fingerprint density at radius 1 is 1.33 bits per heavy atom. The van der Waals surface area contributed by atoms with E-state index in [1.165, 1.54) is 0 Å². The maximum absolute atomic E-state index is 11.6. The number of carbonyl (C=O) groups excluding carboxylic acids is 1. The van der Waals surface area contributed by atoms with Crippen molar-refractivity contribution in [2.75, 3.05) is 6.54 Å². The van der Waals surface area contributed by atoms with Crippen LogP contribution >= 0.6 is 15.9 Å². The van der Waals surface area contributed by atoms with Crippen molar-refractivity contribution in [2.45, 2.75) is 32.7 Å². The molecule has 0 radical (unpaired) electrons. The van der Waals surface area contributed by atoms with Crippen molar-refractivity contribution in [2.24, 2.45) is 11.7 Å². The van der Waals surface area contributed by atoms with Crippen molar-refractivity contribution in [3.05, 3.63) is 34.3 Å². The molecule has 1 amide bonds. The van der Waals surface area contributed by atoms with Gasteiger partial charge in [0.1, 0.15) is 0 Å². The number of benzene rings is 1. The molecule has 0 aliphatic rings. The molecule has 3 nitrogen and oxygen atoms in total. The molecule has 0 aliphatic heterocycles. The van der Waals surface area contributed by atoms with Crippen LogP contribution in [0, 0.1) is 5.92 Å². The fourth-order valence-electron chi connectivity index (χ4n) is 1.70. The molecule has 0 aromatic heterocycles. The molecular weight excluding hydrogens is 292 g/mol. The lowest BCUT2D eigenvalue weighted by Crippen LogP contribution is -2.23. The predicted octanol–water partition coefficient (Wildman–Crippen LogP) is 2.83. The molecule has 0 heterocycles. The lowest BCUT2D eigenvalue weighted by atomic mass is 10.0. The molecule has 100 valence electrons. The normalized spacial score (nSPS) is 12.2. The summed E-state index contributed by atoms with van der Waals surface area (Å²) in [4.78, 5) is 11.6. The van der Waals surface area contributed by atoms with Crippen molar-refractivity contribution >= 4 is 21.8 Å². The summed E-state index contributed by atoms with van der Waals surface area (Å²) < 4.78 is 1.05. The van der Waals surface area contributed by atoms with Crippen LogP contribution < -0.4 is 11.1 Å². The van der Waals surface area contributed by atoms with E-state index in [4.69, 9.17) is 5.73 Å². The number of halogens is 1. The van der Waals surface area contributed by atoms with Gasteiger partial charge < -0.3 is 11.1 Å². The zero-order chi connectivity index (χ0) is 13.4. The third-order valence-corrected chi connectivity index (χ3v) is 3.46. The summed E-state index contributed by atoms with van der Waals surface area (Å²) in [7, 11) is 0. The second-order valence-corrected chi connectivity index (χ2v) is 5.54. The first-order chi connectivity index (χ1) is 8.61. The Hall–Kier alpha value is -0.870. The van der Waals surface area contributed by atoms with Gasteiger partial charge in [-0.1, -0.05) is 35.0 Å². The average molecular weight is 313 g/mol. The highest BCUT2D eigenvalue weighted by Crippen LogP contribution is 2.11. The highest BCUT2D eigenvalue weighted by Gasteiger charge is 2.06. The Labute approximate surface area is 117 Å². The van der Waals surface area contributed by atoms with Crippen LogP contribution in [0.5, 0.6) is 0 Å². The molecule has 1 atom stereocenters. The first kappa shape index (κ1) is 15.2. The van der Waals surface area contributed by atoms with Gasteiger partial charge in [-0.05, 0) is 43.0 Å². The minimum Gasteiger partial charge on any atom is -0.352 e. The number of hydrogen-bond donors (Lipinski definition) is 2. The highest BCUT2D eigenvalue weighted by atomic mass is 79.9. The van der Waals surface area contributed by atoms with E-state index >= 15 is 0 Å². The third-order valence-electron chi connectivity index (χ3n) is 2.93. The van der Waals surface area contributed by atoms with Gasteiger partial charge in [0.25, 0.3) is 0 Å². The Kier molecular flexibility index (Phi) is 6.98. The predicted molar refractivity (Wildman–Crippen MR) is 78.1 cm³/mol. The Balaban J connectivity index is 2.22. The fourth-order valence-corrected chi connectivity index (χ4v) is 1.96. The Morgan fingerprint density at radius 3 is 2.61 bits per heavy atom. The minimum absolute atomic E-state index is 0.113. The first-order valence-corrected chi connectivity index (χ1v) is 7.12. The van der Waals surface area contributed by atoms with Crippen LogP contribution in [0.25, 0.3) is 0 Å². The Morgan fingerprint density at radius 2 is 2.00 bits per heavy atom. The van der Waals surface area contributed by atoms with Crippen LogP contribution in [0.1, 0.15) is 31.7 Å². The van der Waals surface area contributed by atoms with Gasteiger partial charge >= 0.3 is 0 Å². The number of nitrogens with one attached hydrogen (secondary N) is 1. The molecular formula is C14H21BrN2O. The number of nitrogens with two attached hydrogens (primary N) is 1. The molecule has 3 N–H and O–H groups in total. The van der Waals surface area contributed by atoms with Crippen molar-refractivity contribution < 1.29 is 4.79 Å². The van der Waals surface area contributed by atoms with Crippen LogP contribution in [0.4, 0.5) is 0 Å². The molecule has 0 fully saturated rings. The number of hydrogen-bond acceptors (Lipinski definition) is 2. The first-order valence-electron chi connectivity index (χ1n) is 6.33. The van der Waals surface area contributed by atoms with Gasteiger partial charge in [0.15, 0.2) is 0 Å². The second kappa shape index (κ2) is 8.27. The van der Waals surface area contributed by atoms with Gasteiger partial charge in [-0.2, -0.15) is 0 Å². The molecule has 18 heavy (non-hydrogen) atoms. The molecule has 1 unspecified atom stereocenters. The lowest BCUT2D eigenvalue weighted by Gasteiger charge is -2.10. The summed E-state index contributed by atoms with van der Waals surface area (Å²) in [6, 6.07) is 7.96. The largest absolute Gasteiger partial charge is 0.352 e. The molecule has 0 bridgehead atoms. The molecule has 4 heteroatoms. The van der Waals surface area contributed by atoms with Gasteiger partial charge in [-0.15, -0.1) is 0 Å². The molecule has 0 aliphatic carbocycles. The molecule has 1 aromatic carbocycles. The molecule has 1 aromatic rings. The van der Waals surface area contributed by atoms with E-state index in [0.717, 1.165) is 22.9 Å². The van der Waals surface area contributed by atoms with E-state index < -0.39 is 0 Å².